The lowest BCUT2D eigenvalue weighted by molar-refractivity contribution is 0.294. The minimum atomic E-state index is 0.324. The van der Waals surface area contributed by atoms with Crippen LogP contribution >= 0.6 is 0 Å². The monoisotopic (exact) mass is 184 g/mol. The molecule has 1 fully saturated rings. The zero-order valence-corrected chi connectivity index (χ0v) is 9.32. The van der Waals surface area contributed by atoms with Crippen molar-refractivity contribution in [2.24, 2.45) is 5.92 Å². The molecule has 1 aliphatic heterocycles. The average molecular weight is 184 g/mol. The SMILES string of the molecule is CNC(C)(C)CCC1CCNCC1. The molecule has 0 aliphatic carbocycles. The molecule has 0 amide bonds. The zero-order valence-electron chi connectivity index (χ0n) is 9.32. The Morgan fingerprint density at radius 3 is 2.46 bits per heavy atom. The van der Waals surface area contributed by atoms with Gasteiger partial charge in [0, 0.05) is 5.54 Å². The van der Waals surface area contributed by atoms with E-state index < -0.39 is 0 Å². The summed E-state index contributed by atoms with van der Waals surface area (Å²) in [6, 6.07) is 0. The normalized spacial score (nSPS) is 20.5. The van der Waals surface area contributed by atoms with Crippen LogP contribution in [0.25, 0.3) is 0 Å². The lowest BCUT2D eigenvalue weighted by atomic mass is 9.87. The maximum absolute atomic E-state index is 3.41. The fourth-order valence-corrected chi connectivity index (χ4v) is 1.86. The molecule has 78 valence electrons. The predicted molar refractivity (Wildman–Crippen MR) is 58.0 cm³/mol. The Kier molecular flexibility index (Phi) is 4.20. The second-order valence-corrected chi connectivity index (χ2v) is 4.87. The Morgan fingerprint density at radius 1 is 1.31 bits per heavy atom. The summed E-state index contributed by atoms with van der Waals surface area (Å²) >= 11 is 0. The van der Waals surface area contributed by atoms with Crippen LogP contribution in [-0.2, 0) is 0 Å². The highest BCUT2D eigenvalue weighted by Gasteiger charge is 2.19. The van der Waals surface area contributed by atoms with Crippen molar-refractivity contribution in [3.63, 3.8) is 0 Å². The Labute approximate surface area is 82.5 Å². The standard InChI is InChI=1S/C11H24N2/c1-11(2,12-3)7-4-10-5-8-13-9-6-10/h10,12-13H,4-9H2,1-3H3. The summed E-state index contributed by atoms with van der Waals surface area (Å²) in [4.78, 5) is 0. The summed E-state index contributed by atoms with van der Waals surface area (Å²) in [6.07, 6.45) is 5.43. The zero-order chi connectivity index (χ0) is 9.73. The van der Waals surface area contributed by atoms with Gasteiger partial charge in [-0.25, -0.2) is 0 Å². The van der Waals surface area contributed by atoms with Crippen LogP contribution in [0.1, 0.15) is 39.5 Å². The number of piperidine rings is 1. The smallest absolute Gasteiger partial charge is 0.0122 e. The molecule has 0 spiro atoms. The van der Waals surface area contributed by atoms with E-state index in [0.29, 0.717) is 5.54 Å². The Balaban J connectivity index is 2.17. The molecule has 2 N–H and O–H groups in total. The summed E-state index contributed by atoms with van der Waals surface area (Å²) in [5, 5.41) is 6.78. The third-order valence-electron chi connectivity index (χ3n) is 3.31. The van der Waals surface area contributed by atoms with Gasteiger partial charge in [0.15, 0.2) is 0 Å². The number of hydrogen-bond donors (Lipinski definition) is 2. The second-order valence-electron chi connectivity index (χ2n) is 4.87. The van der Waals surface area contributed by atoms with Crippen molar-refractivity contribution in [2.45, 2.75) is 45.1 Å². The van der Waals surface area contributed by atoms with Gasteiger partial charge in [-0.3, -0.25) is 0 Å². The largest absolute Gasteiger partial charge is 0.317 e. The molecule has 0 aromatic heterocycles. The molecular formula is C11H24N2. The maximum atomic E-state index is 3.41. The van der Waals surface area contributed by atoms with E-state index in [1.54, 1.807) is 0 Å². The summed E-state index contributed by atoms with van der Waals surface area (Å²) in [5.41, 5.74) is 0.324. The van der Waals surface area contributed by atoms with Crippen LogP contribution in [0.5, 0.6) is 0 Å². The second kappa shape index (κ2) is 4.97. The van der Waals surface area contributed by atoms with Gasteiger partial charge in [-0.1, -0.05) is 0 Å². The van der Waals surface area contributed by atoms with E-state index in [9.17, 15) is 0 Å². The molecule has 13 heavy (non-hydrogen) atoms. The third kappa shape index (κ3) is 4.10. The van der Waals surface area contributed by atoms with Gasteiger partial charge in [0.25, 0.3) is 0 Å². The summed E-state index contributed by atoms with van der Waals surface area (Å²) in [6.45, 7) is 7.03. The molecule has 0 saturated carbocycles. The van der Waals surface area contributed by atoms with Gasteiger partial charge in [0.1, 0.15) is 0 Å². The Hall–Kier alpha value is -0.0800. The molecule has 0 atom stereocenters. The first kappa shape index (κ1) is 11.0. The van der Waals surface area contributed by atoms with Gasteiger partial charge in [-0.05, 0) is 65.6 Å². The van der Waals surface area contributed by atoms with E-state index in [1.165, 1.54) is 38.8 Å². The molecule has 0 aromatic rings. The third-order valence-corrected chi connectivity index (χ3v) is 3.31. The lowest BCUT2D eigenvalue weighted by Gasteiger charge is -2.28. The van der Waals surface area contributed by atoms with E-state index in [2.05, 4.69) is 31.5 Å². The highest BCUT2D eigenvalue weighted by molar-refractivity contribution is 4.78. The molecule has 0 unspecified atom stereocenters. The van der Waals surface area contributed by atoms with Crippen LogP contribution in [0, 0.1) is 5.92 Å². The van der Waals surface area contributed by atoms with Gasteiger partial charge in [-0.15, -0.1) is 0 Å². The topological polar surface area (TPSA) is 24.1 Å². The van der Waals surface area contributed by atoms with Crippen LogP contribution in [0.4, 0.5) is 0 Å². The van der Waals surface area contributed by atoms with Gasteiger partial charge in [0.2, 0.25) is 0 Å². The van der Waals surface area contributed by atoms with E-state index in [0.717, 1.165) is 5.92 Å². The molecule has 0 aromatic carbocycles. The first-order valence-electron chi connectivity index (χ1n) is 5.54. The first-order chi connectivity index (χ1) is 6.14. The molecule has 1 heterocycles. The van der Waals surface area contributed by atoms with Crippen molar-refractivity contribution in [1.82, 2.24) is 10.6 Å². The fraction of sp³-hybridized carbons (Fsp3) is 1.00. The Morgan fingerprint density at radius 2 is 1.92 bits per heavy atom. The molecule has 0 radical (unpaired) electrons. The van der Waals surface area contributed by atoms with Crippen molar-refractivity contribution in [3.8, 4) is 0 Å². The van der Waals surface area contributed by atoms with Crippen LogP contribution in [-0.4, -0.2) is 25.7 Å². The summed E-state index contributed by atoms with van der Waals surface area (Å²) in [7, 11) is 2.06. The number of rotatable bonds is 4. The van der Waals surface area contributed by atoms with Crippen LogP contribution in [0.2, 0.25) is 0 Å². The first-order valence-corrected chi connectivity index (χ1v) is 5.54. The molecule has 1 rings (SSSR count). The van der Waals surface area contributed by atoms with E-state index in [-0.39, 0.29) is 0 Å². The lowest BCUT2D eigenvalue weighted by Crippen LogP contribution is -2.37. The van der Waals surface area contributed by atoms with Crippen molar-refractivity contribution in [2.75, 3.05) is 20.1 Å². The van der Waals surface area contributed by atoms with Crippen molar-refractivity contribution >= 4 is 0 Å². The molecular weight excluding hydrogens is 160 g/mol. The van der Waals surface area contributed by atoms with Crippen molar-refractivity contribution < 1.29 is 0 Å². The highest BCUT2D eigenvalue weighted by Crippen LogP contribution is 2.22. The number of nitrogens with one attached hydrogen (secondary N) is 2. The van der Waals surface area contributed by atoms with Crippen LogP contribution in [0.15, 0.2) is 0 Å². The molecule has 1 saturated heterocycles. The van der Waals surface area contributed by atoms with Crippen LogP contribution < -0.4 is 10.6 Å². The van der Waals surface area contributed by atoms with Gasteiger partial charge < -0.3 is 10.6 Å². The van der Waals surface area contributed by atoms with Gasteiger partial charge >= 0.3 is 0 Å². The molecule has 1 aliphatic rings. The fourth-order valence-electron chi connectivity index (χ4n) is 1.86. The van der Waals surface area contributed by atoms with Gasteiger partial charge in [0.05, 0.1) is 0 Å². The minimum absolute atomic E-state index is 0.324. The quantitative estimate of drug-likeness (QED) is 0.696. The molecule has 2 nitrogen and oxygen atoms in total. The number of hydrogen-bond acceptors (Lipinski definition) is 2. The average Bonchev–Trinajstić information content (AvgIpc) is 2.17. The minimum Gasteiger partial charge on any atom is -0.317 e. The summed E-state index contributed by atoms with van der Waals surface area (Å²) in [5.74, 6) is 0.967. The molecule has 0 bridgehead atoms. The Bertz CT molecular complexity index is 137. The van der Waals surface area contributed by atoms with E-state index in [1.807, 2.05) is 0 Å². The highest BCUT2D eigenvalue weighted by atomic mass is 14.9. The van der Waals surface area contributed by atoms with Crippen molar-refractivity contribution in [1.29, 1.82) is 0 Å². The van der Waals surface area contributed by atoms with E-state index >= 15 is 0 Å². The van der Waals surface area contributed by atoms with E-state index in [4.69, 9.17) is 0 Å². The molecule has 2 heteroatoms. The maximum Gasteiger partial charge on any atom is 0.0122 e. The van der Waals surface area contributed by atoms with Gasteiger partial charge in [-0.2, -0.15) is 0 Å². The van der Waals surface area contributed by atoms with Crippen LogP contribution in [0.3, 0.4) is 0 Å². The predicted octanol–water partition coefficient (Wildman–Crippen LogP) is 1.76. The van der Waals surface area contributed by atoms with Crippen molar-refractivity contribution in [3.05, 3.63) is 0 Å². The summed E-state index contributed by atoms with van der Waals surface area (Å²) < 4.78 is 0.